The van der Waals surface area contributed by atoms with Gasteiger partial charge in [-0.05, 0) is 68.4 Å². The number of carbonyl (C=O) groups is 1. The zero-order valence-electron chi connectivity index (χ0n) is 17.6. The molecular formula is C23H28N2O5S. The van der Waals surface area contributed by atoms with Gasteiger partial charge in [0.2, 0.25) is 0 Å². The topological polar surface area (TPSA) is 78.1 Å². The van der Waals surface area contributed by atoms with Gasteiger partial charge in [0, 0.05) is 30.5 Å². The summed E-state index contributed by atoms with van der Waals surface area (Å²) in [6, 6.07) is 14.3. The molecule has 2 aromatic rings. The van der Waals surface area contributed by atoms with E-state index in [1.54, 1.807) is 24.3 Å². The van der Waals surface area contributed by atoms with Crippen LogP contribution in [0.25, 0.3) is 0 Å². The molecule has 1 unspecified atom stereocenters. The van der Waals surface area contributed by atoms with Crippen LogP contribution in [0.1, 0.15) is 30.1 Å². The van der Waals surface area contributed by atoms with Crippen LogP contribution in [-0.4, -0.2) is 50.2 Å². The van der Waals surface area contributed by atoms with Gasteiger partial charge in [-0.3, -0.25) is 10.1 Å². The summed E-state index contributed by atoms with van der Waals surface area (Å²) in [6.45, 7) is 4.90. The van der Waals surface area contributed by atoms with Crippen LogP contribution in [-0.2, 0) is 9.47 Å². The van der Waals surface area contributed by atoms with Crippen molar-refractivity contribution in [3.8, 4) is 11.5 Å². The molecule has 1 aliphatic rings. The Balaban J connectivity index is 1.45. The highest BCUT2D eigenvalue weighted by atomic mass is 32.1. The predicted molar refractivity (Wildman–Crippen MR) is 123 cm³/mol. The average Bonchev–Trinajstić information content (AvgIpc) is 3.30. The SMILES string of the molecule is CCOCCOc1ccc(C(=O)NC(=S)Nc2cccc(OCC3CCCO3)c2)cc1. The maximum absolute atomic E-state index is 12.4. The molecule has 2 N–H and O–H groups in total. The second-order valence-electron chi connectivity index (χ2n) is 6.95. The Hall–Kier alpha value is -2.68. The van der Waals surface area contributed by atoms with Crippen LogP contribution in [0.2, 0.25) is 0 Å². The van der Waals surface area contributed by atoms with Crippen LogP contribution in [0.5, 0.6) is 11.5 Å². The summed E-state index contributed by atoms with van der Waals surface area (Å²) < 4.78 is 22.2. The van der Waals surface area contributed by atoms with Gasteiger partial charge in [0.1, 0.15) is 24.7 Å². The third-order valence-electron chi connectivity index (χ3n) is 4.60. The molecule has 0 bridgehead atoms. The van der Waals surface area contributed by atoms with Crippen molar-refractivity contribution in [2.45, 2.75) is 25.9 Å². The molecule has 0 aromatic heterocycles. The summed E-state index contributed by atoms with van der Waals surface area (Å²) in [7, 11) is 0. The highest BCUT2D eigenvalue weighted by molar-refractivity contribution is 7.80. The number of nitrogens with one attached hydrogen (secondary N) is 2. The molecule has 1 atom stereocenters. The zero-order chi connectivity index (χ0) is 21.9. The predicted octanol–water partition coefficient (Wildman–Crippen LogP) is 3.79. The minimum absolute atomic E-state index is 0.151. The number of hydrogen-bond acceptors (Lipinski definition) is 6. The number of hydrogen-bond donors (Lipinski definition) is 2. The Bertz CT molecular complexity index is 853. The molecule has 166 valence electrons. The first-order chi connectivity index (χ1) is 15.1. The molecule has 2 aromatic carbocycles. The molecule has 8 heteroatoms. The molecule has 1 saturated heterocycles. The molecule has 0 saturated carbocycles. The van der Waals surface area contributed by atoms with Gasteiger partial charge in [0.15, 0.2) is 5.11 Å². The van der Waals surface area contributed by atoms with E-state index in [9.17, 15) is 4.79 Å². The van der Waals surface area contributed by atoms with Crippen LogP contribution in [0, 0.1) is 0 Å². The van der Waals surface area contributed by atoms with Gasteiger partial charge < -0.3 is 24.3 Å². The first-order valence-electron chi connectivity index (χ1n) is 10.4. The third kappa shape index (κ3) is 7.82. The number of ether oxygens (including phenoxy) is 4. The van der Waals surface area contributed by atoms with Crippen LogP contribution < -0.4 is 20.1 Å². The molecule has 1 fully saturated rings. The minimum Gasteiger partial charge on any atom is -0.491 e. The van der Waals surface area contributed by atoms with Crippen molar-refractivity contribution in [3.63, 3.8) is 0 Å². The van der Waals surface area contributed by atoms with Gasteiger partial charge in [-0.1, -0.05) is 6.07 Å². The average molecular weight is 445 g/mol. The van der Waals surface area contributed by atoms with E-state index in [0.717, 1.165) is 30.9 Å². The molecule has 0 spiro atoms. The second-order valence-corrected chi connectivity index (χ2v) is 7.36. The van der Waals surface area contributed by atoms with E-state index in [4.69, 9.17) is 31.2 Å². The number of amides is 1. The number of thiocarbonyl (C=S) groups is 1. The van der Waals surface area contributed by atoms with Gasteiger partial charge in [-0.15, -0.1) is 0 Å². The van der Waals surface area contributed by atoms with E-state index in [1.807, 2.05) is 31.2 Å². The molecule has 1 aliphatic heterocycles. The summed E-state index contributed by atoms with van der Waals surface area (Å²) in [5.41, 5.74) is 1.21. The summed E-state index contributed by atoms with van der Waals surface area (Å²) in [6.07, 6.45) is 2.25. The van der Waals surface area contributed by atoms with Crippen molar-refractivity contribution in [2.24, 2.45) is 0 Å². The van der Waals surface area contributed by atoms with Gasteiger partial charge in [-0.25, -0.2) is 0 Å². The van der Waals surface area contributed by atoms with Crippen LogP contribution >= 0.6 is 12.2 Å². The van der Waals surface area contributed by atoms with Gasteiger partial charge in [0.25, 0.3) is 5.91 Å². The highest BCUT2D eigenvalue weighted by Crippen LogP contribution is 2.20. The quantitative estimate of drug-likeness (QED) is 0.426. The fourth-order valence-corrected chi connectivity index (χ4v) is 3.24. The fourth-order valence-electron chi connectivity index (χ4n) is 3.03. The van der Waals surface area contributed by atoms with Crippen molar-refractivity contribution in [2.75, 3.05) is 38.4 Å². The molecule has 7 nitrogen and oxygen atoms in total. The molecule has 0 aliphatic carbocycles. The van der Waals surface area contributed by atoms with E-state index < -0.39 is 0 Å². The van der Waals surface area contributed by atoms with E-state index in [2.05, 4.69) is 10.6 Å². The lowest BCUT2D eigenvalue weighted by molar-refractivity contribution is 0.0680. The largest absolute Gasteiger partial charge is 0.491 e. The summed E-state index contributed by atoms with van der Waals surface area (Å²) in [5.74, 6) is 1.09. The zero-order valence-corrected chi connectivity index (χ0v) is 18.4. The Kier molecular flexibility index (Phi) is 9.08. The monoisotopic (exact) mass is 444 g/mol. The van der Waals surface area contributed by atoms with Crippen molar-refractivity contribution >= 4 is 28.9 Å². The van der Waals surface area contributed by atoms with E-state index >= 15 is 0 Å². The Labute approximate surface area is 188 Å². The fraction of sp³-hybridized carbons (Fsp3) is 0.391. The minimum atomic E-state index is -0.302. The number of rotatable bonds is 10. The van der Waals surface area contributed by atoms with Crippen molar-refractivity contribution < 1.29 is 23.7 Å². The van der Waals surface area contributed by atoms with E-state index in [0.29, 0.717) is 37.7 Å². The van der Waals surface area contributed by atoms with E-state index in [-0.39, 0.29) is 17.1 Å². The van der Waals surface area contributed by atoms with Gasteiger partial charge >= 0.3 is 0 Å². The maximum atomic E-state index is 12.4. The highest BCUT2D eigenvalue weighted by Gasteiger charge is 2.16. The number of anilines is 1. The van der Waals surface area contributed by atoms with Crippen molar-refractivity contribution in [1.82, 2.24) is 5.32 Å². The first kappa shape index (κ1) is 23.0. The molecular weight excluding hydrogens is 416 g/mol. The van der Waals surface area contributed by atoms with Crippen molar-refractivity contribution in [3.05, 3.63) is 54.1 Å². The van der Waals surface area contributed by atoms with Crippen LogP contribution in [0.3, 0.4) is 0 Å². The first-order valence-corrected chi connectivity index (χ1v) is 10.8. The molecule has 1 amide bonds. The third-order valence-corrected chi connectivity index (χ3v) is 4.80. The lowest BCUT2D eigenvalue weighted by Crippen LogP contribution is -2.34. The van der Waals surface area contributed by atoms with E-state index in [1.165, 1.54) is 0 Å². The molecule has 31 heavy (non-hydrogen) atoms. The Morgan fingerprint density at radius 1 is 1.13 bits per heavy atom. The lowest BCUT2D eigenvalue weighted by atomic mass is 10.2. The van der Waals surface area contributed by atoms with Crippen LogP contribution in [0.4, 0.5) is 5.69 Å². The Morgan fingerprint density at radius 2 is 1.97 bits per heavy atom. The second kappa shape index (κ2) is 12.2. The van der Waals surface area contributed by atoms with Gasteiger partial charge in [0.05, 0.1) is 12.7 Å². The molecule has 3 rings (SSSR count). The Morgan fingerprint density at radius 3 is 2.71 bits per heavy atom. The normalized spacial score (nSPS) is 15.3. The summed E-state index contributed by atoms with van der Waals surface area (Å²) >= 11 is 5.27. The summed E-state index contributed by atoms with van der Waals surface area (Å²) in [4.78, 5) is 12.4. The standard InChI is InChI=1S/C23H28N2O5S/c1-2-27-13-14-29-19-10-8-17(9-11-19)22(26)25-23(31)24-18-5-3-6-20(15-18)30-16-21-7-4-12-28-21/h3,5-6,8-11,15,21H,2,4,7,12-14,16H2,1H3,(H2,24,25,26,31). The smallest absolute Gasteiger partial charge is 0.257 e. The van der Waals surface area contributed by atoms with Gasteiger partial charge in [-0.2, -0.15) is 0 Å². The maximum Gasteiger partial charge on any atom is 0.257 e. The van der Waals surface area contributed by atoms with Crippen LogP contribution in [0.15, 0.2) is 48.5 Å². The number of carbonyl (C=O) groups excluding carboxylic acids is 1. The molecule has 0 radical (unpaired) electrons. The summed E-state index contributed by atoms with van der Waals surface area (Å²) in [5, 5.41) is 5.90. The lowest BCUT2D eigenvalue weighted by Gasteiger charge is -2.13. The van der Waals surface area contributed by atoms with Crippen molar-refractivity contribution in [1.29, 1.82) is 0 Å². The number of benzene rings is 2. The molecule has 1 heterocycles.